The van der Waals surface area contributed by atoms with Gasteiger partial charge in [-0.3, -0.25) is 4.79 Å². The molecule has 7 nitrogen and oxygen atoms in total. The minimum Gasteiger partial charge on any atom is -0.481 e. The third-order valence-corrected chi connectivity index (χ3v) is 6.58. The predicted octanol–water partition coefficient (Wildman–Crippen LogP) is 1.78. The topological polar surface area (TPSA) is 101 Å². The maximum atomic E-state index is 12.9. The summed E-state index contributed by atoms with van der Waals surface area (Å²) in [6.45, 7) is 3.21. The highest BCUT2D eigenvalue weighted by Gasteiger charge is 2.41. The Morgan fingerprint density at radius 3 is 2.46 bits per heavy atom. The number of nitrogens with zero attached hydrogens (tertiary/aromatic N) is 1. The second-order valence-corrected chi connectivity index (χ2v) is 8.13. The molecule has 1 aromatic rings. The van der Waals surface area contributed by atoms with E-state index in [1.807, 2.05) is 0 Å². The van der Waals surface area contributed by atoms with Crippen LogP contribution in [0, 0.1) is 18.8 Å². The van der Waals surface area contributed by atoms with Crippen LogP contribution in [-0.2, 0) is 19.6 Å². The molecule has 1 aliphatic heterocycles. The van der Waals surface area contributed by atoms with Crippen molar-refractivity contribution in [2.24, 2.45) is 11.8 Å². The maximum absolute atomic E-state index is 12.9. The Hall–Kier alpha value is -1.64. The molecule has 1 N–H and O–H groups in total. The average molecular weight is 376 g/mol. The van der Waals surface area contributed by atoms with Crippen molar-refractivity contribution < 1.29 is 27.9 Å². The van der Waals surface area contributed by atoms with Crippen molar-refractivity contribution in [2.75, 3.05) is 20.2 Å². The molecule has 0 aromatic heterocycles. The van der Waals surface area contributed by atoms with Gasteiger partial charge in [-0.25, -0.2) is 13.2 Å². The van der Waals surface area contributed by atoms with Gasteiger partial charge in [-0.05, 0) is 30.5 Å². The summed E-state index contributed by atoms with van der Waals surface area (Å²) in [5.41, 5.74) is 0.324. The number of methoxy groups -OCH3 is 1. The Bertz CT molecular complexity index is 791. The van der Waals surface area contributed by atoms with Crippen LogP contribution in [0.15, 0.2) is 17.0 Å². The molecule has 132 valence electrons. The van der Waals surface area contributed by atoms with Crippen LogP contribution in [0.1, 0.15) is 22.8 Å². The number of halogens is 1. The molecule has 24 heavy (non-hydrogen) atoms. The van der Waals surface area contributed by atoms with Gasteiger partial charge in [0.15, 0.2) is 0 Å². The lowest BCUT2D eigenvalue weighted by Crippen LogP contribution is -2.30. The standard InChI is InChI=1S/C15H18ClNO6S/c1-8-6-17(7-11(8)14(18)19)24(21,22)13-5-10(15(20)23-3)4-12(16)9(13)2/h4-5,8,11H,6-7H2,1-3H3,(H,18,19)/t8-,11-/m1/s1. The molecule has 0 saturated carbocycles. The first-order valence-electron chi connectivity index (χ1n) is 7.21. The van der Waals surface area contributed by atoms with Crippen molar-refractivity contribution >= 4 is 33.6 Å². The summed E-state index contributed by atoms with van der Waals surface area (Å²) in [4.78, 5) is 22.8. The second kappa shape index (κ2) is 6.70. The van der Waals surface area contributed by atoms with Crippen LogP contribution < -0.4 is 0 Å². The number of carbonyl (C=O) groups excluding carboxylic acids is 1. The van der Waals surface area contributed by atoms with Crippen molar-refractivity contribution in [2.45, 2.75) is 18.7 Å². The minimum atomic E-state index is -3.98. The SMILES string of the molecule is COC(=O)c1cc(Cl)c(C)c(S(=O)(=O)N2C[C@@H](C)[C@H](C(=O)O)C2)c1. The number of esters is 1. The molecule has 0 bridgehead atoms. The van der Waals surface area contributed by atoms with Gasteiger partial charge in [0, 0.05) is 18.1 Å². The summed E-state index contributed by atoms with van der Waals surface area (Å²) in [5.74, 6) is -2.80. The van der Waals surface area contributed by atoms with E-state index < -0.39 is 27.9 Å². The highest BCUT2D eigenvalue weighted by atomic mass is 35.5. The lowest BCUT2D eigenvalue weighted by molar-refractivity contribution is -0.142. The average Bonchev–Trinajstić information content (AvgIpc) is 2.91. The number of hydrogen-bond acceptors (Lipinski definition) is 5. The zero-order chi connectivity index (χ0) is 18.2. The van der Waals surface area contributed by atoms with Gasteiger partial charge < -0.3 is 9.84 Å². The maximum Gasteiger partial charge on any atom is 0.337 e. The number of rotatable bonds is 4. The van der Waals surface area contributed by atoms with Gasteiger partial charge in [-0.2, -0.15) is 4.31 Å². The summed E-state index contributed by atoms with van der Waals surface area (Å²) in [7, 11) is -2.79. The van der Waals surface area contributed by atoms with E-state index in [1.165, 1.54) is 26.2 Å². The van der Waals surface area contributed by atoms with Crippen LogP contribution >= 0.6 is 11.6 Å². The van der Waals surface area contributed by atoms with E-state index in [9.17, 15) is 23.1 Å². The fourth-order valence-corrected chi connectivity index (χ4v) is 4.85. The first-order chi connectivity index (χ1) is 11.1. The van der Waals surface area contributed by atoms with E-state index >= 15 is 0 Å². The number of hydrogen-bond donors (Lipinski definition) is 1. The van der Waals surface area contributed by atoms with Crippen LogP contribution in [0.2, 0.25) is 5.02 Å². The number of sulfonamides is 1. The molecule has 0 aliphatic carbocycles. The van der Waals surface area contributed by atoms with E-state index in [1.54, 1.807) is 6.92 Å². The molecule has 1 fully saturated rings. The quantitative estimate of drug-likeness (QED) is 0.805. The van der Waals surface area contributed by atoms with Crippen molar-refractivity contribution in [1.29, 1.82) is 0 Å². The normalized spacial score (nSPS) is 21.7. The van der Waals surface area contributed by atoms with E-state index in [4.69, 9.17) is 11.6 Å². The van der Waals surface area contributed by atoms with E-state index in [-0.39, 0.29) is 34.5 Å². The Morgan fingerprint density at radius 2 is 1.96 bits per heavy atom. The van der Waals surface area contributed by atoms with Gasteiger partial charge in [0.2, 0.25) is 10.0 Å². The Kier molecular flexibility index (Phi) is 5.22. The van der Waals surface area contributed by atoms with E-state index in [2.05, 4.69) is 4.74 Å². The van der Waals surface area contributed by atoms with Gasteiger partial charge in [0.1, 0.15) is 0 Å². The zero-order valence-electron chi connectivity index (χ0n) is 13.4. The van der Waals surface area contributed by atoms with Crippen molar-refractivity contribution in [3.63, 3.8) is 0 Å². The molecular formula is C15H18ClNO6S. The van der Waals surface area contributed by atoms with Crippen molar-refractivity contribution in [3.05, 3.63) is 28.3 Å². The first-order valence-corrected chi connectivity index (χ1v) is 9.02. The van der Waals surface area contributed by atoms with Crippen LogP contribution in [-0.4, -0.2) is 50.0 Å². The van der Waals surface area contributed by atoms with Crippen LogP contribution in [0.5, 0.6) is 0 Å². The third-order valence-electron chi connectivity index (χ3n) is 4.23. The zero-order valence-corrected chi connectivity index (χ0v) is 15.0. The lowest BCUT2D eigenvalue weighted by atomic mass is 9.99. The number of carboxylic acids is 1. The van der Waals surface area contributed by atoms with Crippen LogP contribution in [0.3, 0.4) is 0 Å². The molecule has 0 radical (unpaired) electrons. The van der Waals surface area contributed by atoms with E-state index in [0.29, 0.717) is 5.56 Å². The summed E-state index contributed by atoms with van der Waals surface area (Å²) in [6, 6.07) is 2.55. The summed E-state index contributed by atoms with van der Waals surface area (Å²) in [5, 5.41) is 9.31. The third kappa shape index (κ3) is 3.26. The van der Waals surface area contributed by atoms with Crippen molar-refractivity contribution in [1.82, 2.24) is 4.31 Å². The molecular weight excluding hydrogens is 358 g/mol. The van der Waals surface area contributed by atoms with Gasteiger partial charge in [-0.1, -0.05) is 18.5 Å². The fraction of sp³-hybridized carbons (Fsp3) is 0.467. The molecule has 1 saturated heterocycles. The smallest absolute Gasteiger partial charge is 0.337 e. The largest absolute Gasteiger partial charge is 0.481 e. The lowest BCUT2D eigenvalue weighted by Gasteiger charge is -2.19. The molecule has 1 aliphatic rings. The Balaban J connectivity index is 2.49. The fourth-order valence-electron chi connectivity index (χ4n) is 2.74. The van der Waals surface area contributed by atoms with Crippen LogP contribution in [0.25, 0.3) is 0 Å². The minimum absolute atomic E-state index is 0.0219. The first kappa shape index (κ1) is 18.7. The number of ether oxygens (including phenoxy) is 1. The Morgan fingerprint density at radius 1 is 1.33 bits per heavy atom. The second-order valence-electron chi connectivity index (χ2n) is 5.82. The summed E-state index contributed by atoms with van der Waals surface area (Å²) >= 11 is 6.06. The van der Waals surface area contributed by atoms with E-state index in [0.717, 1.165) is 4.31 Å². The van der Waals surface area contributed by atoms with Gasteiger partial charge in [-0.15, -0.1) is 0 Å². The summed E-state index contributed by atoms with van der Waals surface area (Å²) < 4.78 is 31.5. The molecule has 2 rings (SSSR count). The van der Waals surface area contributed by atoms with Crippen LogP contribution in [0.4, 0.5) is 0 Å². The highest BCUT2D eigenvalue weighted by molar-refractivity contribution is 7.89. The molecule has 0 amide bonds. The molecule has 0 unspecified atom stereocenters. The van der Waals surface area contributed by atoms with Gasteiger partial charge >= 0.3 is 11.9 Å². The van der Waals surface area contributed by atoms with Gasteiger partial charge in [0.05, 0.1) is 23.5 Å². The molecule has 9 heteroatoms. The molecule has 2 atom stereocenters. The monoisotopic (exact) mass is 375 g/mol. The van der Waals surface area contributed by atoms with Gasteiger partial charge in [0.25, 0.3) is 0 Å². The molecule has 1 heterocycles. The summed E-state index contributed by atoms with van der Waals surface area (Å²) in [6.07, 6.45) is 0. The highest BCUT2D eigenvalue weighted by Crippen LogP contribution is 2.32. The number of carbonyl (C=O) groups is 2. The molecule has 1 aromatic carbocycles. The van der Waals surface area contributed by atoms with Crippen molar-refractivity contribution in [3.8, 4) is 0 Å². The number of carboxylic acid groups (broad SMARTS) is 1. The number of benzene rings is 1. The predicted molar refractivity (Wildman–Crippen MR) is 86.6 cm³/mol. The Labute approximate surface area is 145 Å². The molecule has 0 spiro atoms. The number of aliphatic carboxylic acids is 1.